The summed E-state index contributed by atoms with van der Waals surface area (Å²) in [7, 11) is 0. The van der Waals surface area contributed by atoms with Gasteiger partial charge in [0.05, 0.1) is 6.61 Å². The van der Waals surface area contributed by atoms with E-state index in [1.54, 1.807) is 6.92 Å². The standard InChI is InChI=1S/C10H14N2O5S/c1-4-2-12(10(16)11-8(4)18)9-7(15)6(14)5(3-13)17-9/h2,5-7,9,13-15H,3H2,1H3,(H,11,16,18)/t5-,6?,7+,9-/m1/s1. The van der Waals surface area contributed by atoms with E-state index < -0.39 is 36.8 Å². The Bertz CT molecular complexity index is 554. The summed E-state index contributed by atoms with van der Waals surface area (Å²) in [5.74, 6) is 0. The third kappa shape index (κ3) is 2.13. The van der Waals surface area contributed by atoms with E-state index in [-0.39, 0.29) is 0 Å². The Labute approximate surface area is 107 Å². The number of hydrogen-bond donors (Lipinski definition) is 4. The van der Waals surface area contributed by atoms with Crippen LogP contribution < -0.4 is 5.69 Å². The molecule has 0 aromatic carbocycles. The molecule has 1 fully saturated rings. The van der Waals surface area contributed by atoms with Gasteiger partial charge in [-0.15, -0.1) is 0 Å². The lowest BCUT2D eigenvalue weighted by molar-refractivity contribution is -0.0550. The molecule has 0 radical (unpaired) electrons. The van der Waals surface area contributed by atoms with E-state index in [9.17, 15) is 15.0 Å². The second-order valence-electron chi connectivity index (χ2n) is 4.21. The van der Waals surface area contributed by atoms with Gasteiger partial charge in [0.1, 0.15) is 23.0 Å². The van der Waals surface area contributed by atoms with E-state index in [1.807, 2.05) is 0 Å². The Morgan fingerprint density at radius 3 is 2.72 bits per heavy atom. The largest absolute Gasteiger partial charge is 0.394 e. The van der Waals surface area contributed by atoms with Crippen LogP contribution in [0.5, 0.6) is 0 Å². The topological polar surface area (TPSA) is 108 Å². The van der Waals surface area contributed by atoms with Crippen LogP contribution in [0, 0.1) is 11.6 Å². The molecule has 0 spiro atoms. The summed E-state index contributed by atoms with van der Waals surface area (Å²) in [6.07, 6.45) is -3.05. The van der Waals surface area contributed by atoms with E-state index in [1.165, 1.54) is 6.20 Å². The van der Waals surface area contributed by atoms with Crippen molar-refractivity contribution in [1.29, 1.82) is 0 Å². The molecule has 2 rings (SSSR count). The predicted molar refractivity (Wildman–Crippen MR) is 63.6 cm³/mol. The first kappa shape index (κ1) is 13.4. The molecule has 8 heteroatoms. The maximum absolute atomic E-state index is 11.7. The molecule has 4 atom stereocenters. The molecule has 2 heterocycles. The molecule has 0 amide bonds. The van der Waals surface area contributed by atoms with Crippen LogP contribution in [-0.4, -0.2) is 49.8 Å². The molecule has 18 heavy (non-hydrogen) atoms. The first-order valence-corrected chi connectivity index (χ1v) is 5.81. The van der Waals surface area contributed by atoms with Gasteiger partial charge in [0.2, 0.25) is 0 Å². The molecule has 7 nitrogen and oxygen atoms in total. The minimum absolute atomic E-state index is 0.308. The van der Waals surface area contributed by atoms with E-state index >= 15 is 0 Å². The molecule has 0 saturated carbocycles. The summed E-state index contributed by atoms with van der Waals surface area (Å²) in [6, 6.07) is 0. The number of H-pyrrole nitrogens is 1. The third-order valence-electron chi connectivity index (χ3n) is 2.94. The van der Waals surface area contributed by atoms with E-state index in [4.69, 9.17) is 22.1 Å². The van der Waals surface area contributed by atoms with Gasteiger partial charge < -0.3 is 20.1 Å². The van der Waals surface area contributed by atoms with Crippen molar-refractivity contribution < 1.29 is 20.1 Å². The number of rotatable bonds is 2. The number of hydrogen-bond acceptors (Lipinski definition) is 6. The smallest absolute Gasteiger partial charge is 0.328 e. The summed E-state index contributed by atoms with van der Waals surface area (Å²) >= 11 is 4.91. The zero-order chi connectivity index (χ0) is 13.4. The molecule has 1 aromatic rings. The molecule has 0 bridgehead atoms. The molecule has 100 valence electrons. The highest BCUT2D eigenvalue weighted by Gasteiger charge is 2.43. The number of nitrogens with one attached hydrogen (secondary N) is 1. The number of nitrogens with zero attached hydrogens (tertiary/aromatic N) is 1. The summed E-state index contributed by atoms with van der Waals surface area (Å²) in [5.41, 5.74) is 0.0998. The van der Waals surface area contributed by atoms with Gasteiger partial charge in [-0.1, -0.05) is 12.2 Å². The Kier molecular flexibility index (Phi) is 3.64. The second kappa shape index (κ2) is 4.90. The first-order valence-electron chi connectivity index (χ1n) is 5.40. The summed E-state index contributed by atoms with van der Waals surface area (Å²) in [4.78, 5) is 14.2. The molecule has 0 aliphatic carbocycles. The van der Waals surface area contributed by atoms with Crippen molar-refractivity contribution in [2.75, 3.05) is 6.61 Å². The van der Waals surface area contributed by atoms with Gasteiger partial charge >= 0.3 is 5.69 Å². The van der Waals surface area contributed by atoms with Gasteiger partial charge in [0.25, 0.3) is 0 Å². The minimum Gasteiger partial charge on any atom is -0.394 e. The van der Waals surface area contributed by atoms with Crippen LogP contribution in [0.15, 0.2) is 11.0 Å². The fraction of sp³-hybridized carbons (Fsp3) is 0.600. The highest BCUT2D eigenvalue weighted by Crippen LogP contribution is 2.28. The van der Waals surface area contributed by atoms with Crippen LogP contribution in [0.4, 0.5) is 0 Å². The van der Waals surface area contributed by atoms with Crippen LogP contribution in [0.3, 0.4) is 0 Å². The molecule has 1 aromatic heterocycles. The monoisotopic (exact) mass is 274 g/mol. The SMILES string of the molecule is Cc1cn([C@@H]2O[C@H](CO)C(O)[C@@H]2O)c(=O)[nH]c1=S. The molecule has 1 aliphatic rings. The number of aromatic amines is 1. The molecule has 4 N–H and O–H groups in total. The Balaban J connectivity index is 2.42. The van der Waals surface area contributed by atoms with Crippen LogP contribution in [0.1, 0.15) is 11.8 Å². The van der Waals surface area contributed by atoms with Crippen molar-refractivity contribution in [2.24, 2.45) is 0 Å². The van der Waals surface area contributed by atoms with Crippen LogP contribution in [0.2, 0.25) is 0 Å². The predicted octanol–water partition coefficient (Wildman–Crippen LogP) is -1.17. The Hall–Kier alpha value is -1.06. The van der Waals surface area contributed by atoms with Crippen molar-refractivity contribution in [3.8, 4) is 0 Å². The van der Waals surface area contributed by atoms with Crippen molar-refractivity contribution in [3.05, 3.63) is 26.9 Å². The number of aliphatic hydroxyl groups is 3. The van der Waals surface area contributed by atoms with Crippen molar-refractivity contribution in [2.45, 2.75) is 31.5 Å². The normalized spacial score (nSPS) is 31.8. The van der Waals surface area contributed by atoms with E-state index in [0.717, 1.165) is 4.57 Å². The zero-order valence-electron chi connectivity index (χ0n) is 9.61. The lowest BCUT2D eigenvalue weighted by atomic mass is 10.1. The van der Waals surface area contributed by atoms with Crippen molar-refractivity contribution >= 4 is 12.2 Å². The van der Waals surface area contributed by atoms with Gasteiger partial charge in [0.15, 0.2) is 6.23 Å². The minimum atomic E-state index is -1.29. The summed E-state index contributed by atoms with van der Waals surface area (Å²) in [6.45, 7) is 1.27. The fourth-order valence-corrected chi connectivity index (χ4v) is 2.03. The second-order valence-corrected chi connectivity index (χ2v) is 4.62. The number of aryl methyl sites for hydroxylation is 1. The van der Waals surface area contributed by atoms with Gasteiger partial charge in [-0.2, -0.15) is 0 Å². The maximum atomic E-state index is 11.7. The third-order valence-corrected chi connectivity index (χ3v) is 3.36. The highest BCUT2D eigenvalue weighted by molar-refractivity contribution is 7.71. The molecule has 1 unspecified atom stereocenters. The van der Waals surface area contributed by atoms with Crippen LogP contribution in [0.25, 0.3) is 0 Å². The fourth-order valence-electron chi connectivity index (χ4n) is 1.88. The lowest BCUT2D eigenvalue weighted by Gasteiger charge is -2.17. The highest BCUT2D eigenvalue weighted by atomic mass is 32.1. The molecule has 1 saturated heterocycles. The molecular formula is C10H14N2O5S. The summed E-state index contributed by atoms with van der Waals surface area (Å²) in [5, 5.41) is 28.4. The van der Waals surface area contributed by atoms with E-state index in [2.05, 4.69) is 4.98 Å². The Morgan fingerprint density at radius 2 is 2.17 bits per heavy atom. The van der Waals surface area contributed by atoms with Gasteiger partial charge in [-0.25, -0.2) is 4.79 Å². The zero-order valence-corrected chi connectivity index (χ0v) is 10.4. The lowest BCUT2D eigenvalue weighted by Crippen LogP contribution is -2.36. The van der Waals surface area contributed by atoms with Gasteiger partial charge in [0, 0.05) is 11.8 Å². The number of aliphatic hydroxyl groups excluding tert-OH is 3. The Morgan fingerprint density at radius 1 is 1.50 bits per heavy atom. The maximum Gasteiger partial charge on any atom is 0.328 e. The number of aromatic nitrogens is 2. The molecule has 1 aliphatic heterocycles. The van der Waals surface area contributed by atoms with Gasteiger partial charge in [-0.3, -0.25) is 9.55 Å². The average Bonchev–Trinajstić information content (AvgIpc) is 2.61. The summed E-state index contributed by atoms with van der Waals surface area (Å²) < 4.78 is 6.68. The first-order chi connectivity index (χ1) is 8.45. The van der Waals surface area contributed by atoms with Gasteiger partial charge in [-0.05, 0) is 6.92 Å². The molecular weight excluding hydrogens is 260 g/mol. The van der Waals surface area contributed by atoms with Crippen LogP contribution >= 0.6 is 12.2 Å². The van der Waals surface area contributed by atoms with Crippen LogP contribution in [-0.2, 0) is 4.74 Å². The van der Waals surface area contributed by atoms with E-state index in [0.29, 0.717) is 10.2 Å². The number of ether oxygens (including phenoxy) is 1. The van der Waals surface area contributed by atoms with Crippen molar-refractivity contribution in [3.63, 3.8) is 0 Å². The average molecular weight is 274 g/mol. The van der Waals surface area contributed by atoms with Crippen molar-refractivity contribution in [1.82, 2.24) is 9.55 Å². The quantitative estimate of drug-likeness (QED) is 0.506.